The fourth-order valence-corrected chi connectivity index (χ4v) is 6.00. The molecule has 0 unspecified atom stereocenters. The molecule has 1 spiro atoms. The number of hydrogen-bond acceptors (Lipinski definition) is 5. The van der Waals surface area contributed by atoms with Crippen LogP contribution in [0.25, 0.3) is 0 Å². The van der Waals surface area contributed by atoms with Crippen molar-refractivity contribution in [2.75, 3.05) is 4.90 Å². The summed E-state index contributed by atoms with van der Waals surface area (Å²) < 4.78 is 7.14. The summed E-state index contributed by atoms with van der Waals surface area (Å²) in [6, 6.07) is 20.9. The third-order valence-electron chi connectivity index (χ3n) is 7.54. The Morgan fingerprint density at radius 3 is 1.94 bits per heavy atom. The lowest BCUT2D eigenvalue weighted by Crippen LogP contribution is -2.51. The molecule has 6 rings (SSSR count). The van der Waals surface area contributed by atoms with Crippen LogP contribution in [0.5, 0.6) is 0 Å². The van der Waals surface area contributed by atoms with E-state index in [1.54, 1.807) is 48.5 Å². The van der Waals surface area contributed by atoms with Gasteiger partial charge in [0.1, 0.15) is 0 Å². The number of halogens is 1. The monoisotopic (exact) mass is 543 g/mol. The van der Waals surface area contributed by atoms with Crippen LogP contribution in [-0.2, 0) is 14.3 Å². The largest absolute Gasteiger partial charge is 0.349 e. The number of benzene rings is 3. The number of anilines is 1. The Morgan fingerprint density at radius 2 is 1.39 bits per heavy atom. The van der Waals surface area contributed by atoms with Crippen LogP contribution >= 0.6 is 15.9 Å². The Kier molecular flexibility index (Phi) is 5.14. The normalized spacial score (nSPS) is 24.2. The molecule has 2 saturated heterocycles. The van der Waals surface area contributed by atoms with E-state index in [1.807, 2.05) is 24.3 Å². The topological polar surface area (TPSA) is 80.8 Å². The van der Waals surface area contributed by atoms with E-state index in [4.69, 9.17) is 4.74 Å². The highest BCUT2D eigenvalue weighted by molar-refractivity contribution is 9.10. The number of ether oxygens (including phenoxy) is 1. The summed E-state index contributed by atoms with van der Waals surface area (Å²) in [5.74, 6) is -4.14. The highest BCUT2D eigenvalue weighted by atomic mass is 79.9. The molecular formula is C29H22BrNO5. The van der Waals surface area contributed by atoms with Gasteiger partial charge in [-0.1, -0.05) is 78.3 Å². The second-order valence-electron chi connectivity index (χ2n) is 9.79. The molecule has 2 amide bonds. The van der Waals surface area contributed by atoms with Crippen LogP contribution in [0.2, 0.25) is 0 Å². The van der Waals surface area contributed by atoms with E-state index < -0.39 is 46.9 Å². The van der Waals surface area contributed by atoms with Gasteiger partial charge in [-0.15, -0.1) is 0 Å². The van der Waals surface area contributed by atoms with Gasteiger partial charge in [0.2, 0.25) is 29.0 Å². The van der Waals surface area contributed by atoms with Gasteiger partial charge in [-0.05, 0) is 41.3 Å². The van der Waals surface area contributed by atoms with E-state index in [-0.39, 0.29) is 11.1 Å². The minimum Gasteiger partial charge on any atom is -0.349 e. The van der Waals surface area contributed by atoms with Gasteiger partial charge < -0.3 is 4.74 Å². The SMILES string of the molecule is CC(C)c1ccc([C@@H]2OC3(C(=O)c4ccccc4C3=O)[C@@H]3C(=O)N(c4ccc(Br)cc4)C(=O)[C@H]32)cc1. The average molecular weight is 544 g/mol. The first-order valence-corrected chi connectivity index (χ1v) is 12.6. The smallest absolute Gasteiger partial charge is 0.241 e. The van der Waals surface area contributed by atoms with Crippen molar-refractivity contribution in [2.24, 2.45) is 11.8 Å². The zero-order valence-corrected chi connectivity index (χ0v) is 21.2. The number of nitrogens with zero attached hydrogens (tertiary/aromatic N) is 1. The van der Waals surface area contributed by atoms with Crippen molar-refractivity contribution in [2.45, 2.75) is 31.5 Å². The number of carbonyl (C=O) groups is 4. The molecule has 180 valence electrons. The van der Waals surface area contributed by atoms with Gasteiger partial charge in [0.15, 0.2) is 0 Å². The second-order valence-corrected chi connectivity index (χ2v) is 10.7. The Labute approximate surface area is 216 Å². The van der Waals surface area contributed by atoms with E-state index in [9.17, 15) is 19.2 Å². The van der Waals surface area contributed by atoms with Crippen LogP contribution < -0.4 is 4.90 Å². The molecule has 0 aromatic heterocycles. The van der Waals surface area contributed by atoms with Crippen LogP contribution in [0.15, 0.2) is 77.3 Å². The molecule has 2 aliphatic heterocycles. The molecule has 0 bridgehead atoms. The van der Waals surface area contributed by atoms with Crippen LogP contribution in [0.3, 0.4) is 0 Å². The summed E-state index contributed by atoms with van der Waals surface area (Å²) in [6.45, 7) is 4.16. The minimum absolute atomic E-state index is 0.222. The van der Waals surface area contributed by atoms with Crippen molar-refractivity contribution in [3.63, 3.8) is 0 Å². The van der Waals surface area contributed by atoms with E-state index in [1.165, 1.54) is 0 Å². The number of rotatable bonds is 3. The van der Waals surface area contributed by atoms with E-state index in [0.29, 0.717) is 17.2 Å². The van der Waals surface area contributed by atoms with Crippen molar-refractivity contribution in [1.29, 1.82) is 0 Å². The number of carbonyl (C=O) groups excluding carboxylic acids is 4. The quantitative estimate of drug-likeness (QED) is 0.332. The Bertz CT molecular complexity index is 1410. The third kappa shape index (κ3) is 2.99. The standard InChI is InChI=1S/C29H22BrNO5/c1-15(2)16-7-9-17(10-8-16)24-22-23(28(35)31(27(22)34)19-13-11-18(30)12-14-19)29(36-24)25(32)20-5-3-4-6-21(20)26(29)33/h3-15,22-24H,1-2H3/t22-,23+,24+/m1/s1. The first-order valence-electron chi connectivity index (χ1n) is 11.9. The Morgan fingerprint density at radius 1 is 0.806 bits per heavy atom. The van der Waals surface area contributed by atoms with Crippen LogP contribution in [0.4, 0.5) is 5.69 Å². The summed E-state index contributed by atoms with van der Waals surface area (Å²) in [5.41, 5.74) is 0.531. The van der Waals surface area contributed by atoms with Crippen molar-refractivity contribution < 1.29 is 23.9 Å². The number of amides is 2. The molecule has 7 heteroatoms. The molecule has 0 N–H and O–H groups in total. The van der Waals surface area contributed by atoms with Gasteiger partial charge in [-0.2, -0.15) is 0 Å². The molecule has 3 aromatic rings. The molecule has 3 aliphatic rings. The molecule has 6 nitrogen and oxygen atoms in total. The molecule has 3 atom stereocenters. The van der Waals surface area contributed by atoms with E-state index in [2.05, 4.69) is 29.8 Å². The Balaban J connectivity index is 1.52. The summed E-state index contributed by atoms with van der Waals surface area (Å²) >= 11 is 3.37. The summed E-state index contributed by atoms with van der Waals surface area (Å²) in [6.07, 6.45) is -0.921. The maximum Gasteiger partial charge on any atom is 0.241 e. The Hall–Kier alpha value is -3.42. The number of ketones is 2. The lowest BCUT2D eigenvalue weighted by atomic mass is 9.77. The minimum atomic E-state index is -2.06. The lowest BCUT2D eigenvalue weighted by Gasteiger charge is -2.27. The van der Waals surface area contributed by atoms with Gasteiger partial charge >= 0.3 is 0 Å². The molecule has 1 aliphatic carbocycles. The highest BCUT2D eigenvalue weighted by Crippen LogP contribution is 2.57. The highest BCUT2D eigenvalue weighted by Gasteiger charge is 2.74. The molecule has 0 saturated carbocycles. The fraction of sp³-hybridized carbons (Fsp3) is 0.241. The average Bonchev–Trinajstić information content (AvgIpc) is 3.45. The predicted molar refractivity (Wildman–Crippen MR) is 136 cm³/mol. The van der Waals surface area contributed by atoms with Gasteiger partial charge in [0.05, 0.1) is 23.6 Å². The molecule has 0 radical (unpaired) electrons. The van der Waals surface area contributed by atoms with Gasteiger partial charge in [-0.3, -0.25) is 19.2 Å². The van der Waals surface area contributed by atoms with Crippen LogP contribution in [-0.4, -0.2) is 29.0 Å². The van der Waals surface area contributed by atoms with E-state index >= 15 is 0 Å². The number of hydrogen-bond donors (Lipinski definition) is 0. The predicted octanol–water partition coefficient (Wildman–Crippen LogP) is 5.27. The van der Waals surface area contributed by atoms with E-state index in [0.717, 1.165) is 14.9 Å². The van der Waals surface area contributed by atoms with Crippen LogP contribution in [0, 0.1) is 11.8 Å². The van der Waals surface area contributed by atoms with Crippen molar-refractivity contribution in [3.8, 4) is 0 Å². The van der Waals surface area contributed by atoms with Crippen molar-refractivity contribution in [1.82, 2.24) is 0 Å². The number of imide groups is 1. The zero-order chi connectivity index (χ0) is 25.4. The lowest BCUT2D eigenvalue weighted by molar-refractivity contribution is -0.127. The first-order chi connectivity index (χ1) is 17.3. The second kappa shape index (κ2) is 8.05. The molecular weight excluding hydrogens is 522 g/mol. The third-order valence-corrected chi connectivity index (χ3v) is 8.06. The molecule has 36 heavy (non-hydrogen) atoms. The zero-order valence-electron chi connectivity index (χ0n) is 19.6. The van der Waals surface area contributed by atoms with Gasteiger partial charge in [0.25, 0.3) is 0 Å². The van der Waals surface area contributed by atoms with Gasteiger partial charge in [0, 0.05) is 15.6 Å². The first kappa shape index (κ1) is 23.0. The molecule has 2 heterocycles. The van der Waals surface area contributed by atoms with Crippen LogP contribution in [0.1, 0.15) is 57.7 Å². The summed E-state index contributed by atoms with van der Waals surface area (Å²) in [7, 11) is 0. The molecule has 2 fully saturated rings. The number of Topliss-reactive ketones (excluding diaryl/α,β-unsaturated/α-hetero) is 2. The van der Waals surface area contributed by atoms with Crippen molar-refractivity contribution in [3.05, 3.63) is 99.5 Å². The fourth-order valence-electron chi connectivity index (χ4n) is 5.73. The van der Waals surface area contributed by atoms with Gasteiger partial charge in [-0.25, -0.2) is 4.90 Å². The summed E-state index contributed by atoms with van der Waals surface area (Å²) in [5, 5.41) is 0. The number of fused-ring (bicyclic) bond motifs is 3. The maximum atomic E-state index is 13.9. The molecule has 3 aromatic carbocycles. The maximum absolute atomic E-state index is 13.9. The van der Waals surface area contributed by atoms with Crippen molar-refractivity contribution >= 4 is 45.0 Å². The summed E-state index contributed by atoms with van der Waals surface area (Å²) in [4.78, 5) is 56.5.